The smallest absolute Gasteiger partial charge is 0.338 e. The lowest BCUT2D eigenvalue weighted by atomic mass is 9.95. The van der Waals surface area contributed by atoms with Gasteiger partial charge in [0, 0.05) is 39.2 Å². The lowest BCUT2D eigenvalue weighted by Crippen LogP contribution is -2.40. The van der Waals surface area contributed by atoms with E-state index in [0.717, 1.165) is 20.9 Å². The van der Waals surface area contributed by atoms with Gasteiger partial charge in [0.25, 0.3) is 5.56 Å². The number of methoxy groups -OCH3 is 1. The van der Waals surface area contributed by atoms with Crippen LogP contribution in [0.5, 0.6) is 5.75 Å². The summed E-state index contributed by atoms with van der Waals surface area (Å²) in [6.45, 7) is 6.08. The van der Waals surface area contributed by atoms with Crippen LogP contribution in [0.4, 0.5) is 0 Å². The number of para-hydroxylation sites is 1. The quantitative estimate of drug-likeness (QED) is 0.203. The van der Waals surface area contributed by atoms with Crippen molar-refractivity contribution in [2.45, 2.75) is 39.5 Å². The number of halogens is 1. The zero-order valence-electron chi connectivity index (χ0n) is 24.2. The van der Waals surface area contributed by atoms with Crippen LogP contribution < -0.4 is 19.6 Å². The van der Waals surface area contributed by atoms with E-state index in [1.165, 1.54) is 16.9 Å². The lowest BCUT2D eigenvalue weighted by Gasteiger charge is -2.26. The molecule has 0 spiro atoms. The molecule has 6 rings (SSSR count). The molecule has 0 bridgehead atoms. The van der Waals surface area contributed by atoms with Crippen LogP contribution in [0.1, 0.15) is 43.5 Å². The Balaban J connectivity index is 1.55. The van der Waals surface area contributed by atoms with Crippen LogP contribution in [0, 0.1) is 0 Å². The van der Waals surface area contributed by atoms with Gasteiger partial charge in [0.05, 0.1) is 29.0 Å². The van der Waals surface area contributed by atoms with Crippen LogP contribution in [0.3, 0.4) is 0 Å². The maximum absolute atomic E-state index is 14.3. The number of thiazole rings is 1. The Morgan fingerprint density at radius 1 is 1.09 bits per heavy atom. The molecule has 0 fully saturated rings. The van der Waals surface area contributed by atoms with E-state index in [1.54, 1.807) is 32.4 Å². The first kappa shape index (κ1) is 28.9. The molecule has 1 aliphatic rings. The minimum atomic E-state index is -0.781. The fraction of sp³-hybridized carbons (Fsp3) is 0.206. The van der Waals surface area contributed by atoms with Gasteiger partial charge < -0.3 is 14.0 Å². The number of hydrogen-bond acceptors (Lipinski definition) is 6. The number of rotatable bonds is 7. The molecule has 0 saturated heterocycles. The normalized spacial score (nSPS) is 15.1. The number of benzene rings is 3. The fourth-order valence-electron chi connectivity index (χ4n) is 5.52. The summed E-state index contributed by atoms with van der Waals surface area (Å²) in [5.74, 6) is 0.0397. The molecule has 0 amide bonds. The highest BCUT2D eigenvalue weighted by Crippen LogP contribution is 2.37. The first-order chi connectivity index (χ1) is 20.7. The Hall–Kier alpha value is -4.21. The third-order valence-electron chi connectivity index (χ3n) is 7.37. The topological polar surface area (TPSA) is 74.8 Å². The van der Waals surface area contributed by atoms with E-state index in [0.29, 0.717) is 38.5 Å². The molecule has 218 valence electrons. The minimum absolute atomic E-state index is 0.238. The molecule has 1 aliphatic heterocycles. The van der Waals surface area contributed by atoms with Crippen molar-refractivity contribution in [2.75, 3.05) is 7.11 Å². The zero-order valence-corrected chi connectivity index (χ0v) is 26.6. The van der Waals surface area contributed by atoms with Gasteiger partial charge in [0.1, 0.15) is 11.8 Å². The molecule has 3 aromatic carbocycles. The number of nitrogens with zero attached hydrogens (tertiary/aromatic N) is 3. The summed E-state index contributed by atoms with van der Waals surface area (Å²) >= 11 is 4.86. The van der Waals surface area contributed by atoms with Crippen molar-refractivity contribution in [1.82, 2.24) is 9.13 Å². The van der Waals surface area contributed by atoms with Crippen LogP contribution in [-0.4, -0.2) is 28.3 Å². The summed E-state index contributed by atoms with van der Waals surface area (Å²) in [5, 5.41) is 1.05. The van der Waals surface area contributed by atoms with E-state index in [4.69, 9.17) is 14.5 Å². The third-order valence-corrected chi connectivity index (χ3v) is 8.85. The van der Waals surface area contributed by atoms with Crippen LogP contribution in [0.2, 0.25) is 0 Å². The van der Waals surface area contributed by atoms with Gasteiger partial charge in [-0.2, -0.15) is 0 Å². The molecule has 0 unspecified atom stereocenters. The van der Waals surface area contributed by atoms with Gasteiger partial charge in [-0.15, -0.1) is 0 Å². The summed E-state index contributed by atoms with van der Waals surface area (Å²) in [6.07, 6.45) is 3.67. The Labute approximate surface area is 261 Å². The second-order valence-corrected chi connectivity index (χ2v) is 12.6. The number of aromatic nitrogens is 2. The van der Waals surface area contributed by atoms with Crippen molar-refractivity contribution in [3.8, 4) is 5.75 Å². The highest BCUT2D eigenvalue weighted by atomic mass is 79.9. The molecule has 0 aliphatic carbocycles. The predicted octanol–water partition coefficient (Wildman–Crippen LogP) is 5.96. The van der Waals surface area contributed by atoms with Crippen molar-refractivity contribution in [1.29, 1.82) is 0 Å². The molecule has 7 nitrogen and oxygen atoms in total. The monoisotopic (exact) mass is 655 g/mol. The molecule has 0 N–H and O–H groups in total. The van der Waals surface area contributed by atoms with Gasteiger partial charge in [-0.25, -0.2) is 9.79 Å². The summed E-state index contributed by atoms with van der Waals surface area (Å²) in [7, 11) is 1.57. The largest absolute Gasteiger partial charge is 0.496 e. The third kappa shape index (κ3) is 5.50. The van der Waals surface area contributed by atoms with Gasteiger partial charge in [-0.3, -0.25) is 9.36 Å². The Bertz CT molecular complexity index is 2070. The number of allylic oxidation sites excluding steroid dienone is 1. The number of hydrogen-bond donors (Lipinski definition) is 0. The number of carbonyl (C=O) groups is 1. The molecule has 43 heavy (non-hydrogen) atoms. The average molecular weight is 657 g/mol. The summed E-state index contributed by atoms with van der Waals surface area (Å²) < 4.78 is 16.5. The van der Waals surface area contributed by atoms with Gasteiger partial charge >= 0.3 is 5.97 Å². The van der Waals surface area contributed by atoms with E-state index in [1.807, 2.05) is 54.6 Å². The van der Waals surface area contributed by atoms with Gasteiger partial charge in [0.15, 0.2) is 4.80 Å². The average Bonchev–Trinajstić information content (AvgIpc) is 3.48. The highest BCUT2D eigenvalue weighted by Gasteiger charge is 2.35. The molecule has 5 aromatic rings. The first-order valence-corrected chi connectivity index (χ1v) is 15.5. The molecule has 3 heterocycles. The molecular weight excluding hydrogens is 626 g/mol. The predicted molar refractivity (Wildman–Crippen MR) is 173 cm³/mol. The number of fused-ring (bicyclic) bond motifs is 2. The summed E-state index contributed by atoms with van der Waals surface area (Å²) in [6, 6.07) is 23.2. The Morgan fingerprint density at radius 2 is 1.84 bits per heavy atom. The maximum Gasteiger partial charge on any atom is 0.338 e. The Morgan fingerprint density at radius 3 is 2.58 bits per heavy atom. The van der Waals surface area contributed by atoms with Crippen LogP contribution >= 0.6 is 27.3 Å². The van der Waals surface area contributed by atoms with Gasteiger partial charge in [-0.05, 0) is 56.7 Å². The lowest BCUT2D eigenvalue weighted by molar-refractivity contribution is -0.143. The standard InChI is InChI=1S/C34H30BrN3O4S/c1-20(2)42-33(40)30-21(3)36-34-38(31(30)26-17-24(35)14-15-28(26)41-4)32(39)29(43-34)16-23-19-37(18-22-10-6-5-7-11-22)27-13-9-8-12-25(23)27/h5-17,19-20,31H,18H2,1-4H3/b29-16-/t31-/m1/s1. The number of esters is 1. The molecule has 0 radical (unpaired) electrons. The Kier molecular flexibility index (Phi) is 7.94. The van der Waals surface area contributed by atoms with Gasteiger partial charge in [0.2, 0.25) is 0 Å². The van der Waals surface area contributed by atoms with Crippen LogP contribution in [0.25, 0.3) is 17.0 Å². The molecular formula is C34H30BrN3O4S. The first-order valence-electron chi connectivity index (χ1n) is 13.9. The van der Waals surface area contributed by atoms with Crippen molar-refractivity contribution < 1.29 is 14.3 Å². The van der Waals surface area contributed by atoms with Crippen molar-refractivity contribution in [2.24, 2.45) is 4.99 Å². The van der Waals surface area contributed by atoms with Crippen molar-refractivity contribution in [3.63, 3.8) is 0 Å². The van der Waals surface area contributed by atoms with Crippen LogP contribution in [0.15, 0.2) is 105 Å². The second kappa shape index (κ2) is 11.8. The molecule has 0 saturated carbocycles. The number of ether oxygens (including phenoxy) is 2. The summed E-state index contributed by atoms with van der Waals surface area (Å²) in [5.41, 5.74) is 4.44. The van der Waals surface area contributed by atoms with Crippen molar-refractivity contribution in [3.05, 3.63) is 131 Å². The van der Waals surface area contributed by atoms with E-state index in [9.17, 15) is 9.59 Å². The number of carbonyl (C=O) groups excluding carboxylic acids is 1. The second-order valence-electron chi connectivity index (χ2n) is 10.6. The van der Waals surface area contributed by atoms with Crippen LogP contribution in [-0.2, 0) is 16.1 Å². The van der Waals surface area contributed by atoms with Crippen molar-refractivity contribution >= 4 is 50.2 Å². The SMILES string of the molecule is COc1ccc(Br)cc1[C@@H]1C(C(=O)OC(C)C)=C(C)N=c2s/c(=C\c3cn(Cc4ccccc4)c4ccccc34)c(=O)n21. The molecule has 1 atom stereocenters. The summed E-state index contributed by atoms with van der Waals surface area (Å²) in [4.78, 5) is 33.0. The van der Waals surface area contributed by atoms with E-state index in [-0.39, 0.29) is 11.7 Å². The molecule has 9 heteroatoms. The zero-order chi connectivity index (χ0) is 30.2. The van der Waals surface area contributed by atoms with E-state index in [2.05, 4.69) is 51.0 Å². The van der Waals surface area contributed by atoms with E-state index < -0.39 is 12.0 Å². The molecule has 2 aromatic heterocycles. The van der Waals surface area contributed by atoms with Gasteiger partial charge in [-0.1, -0.05) is 75.8 Å². The highest BCUT2D eigenvalue weighted by molar-refractivity contribution is 9.10. The fourth-order valence-corrected chi connectivity index (χ4v) is 6.93. The van der Waals surface area contributed by atoms with E-state index >= 15 is 0 Å². The maximum atomic E-state index is 14.3. The minimum Gasteiger partial charge on any atom is -0.496 e.